The van der Waals surface area contributed by atoms with Crippen LogP contribution in [0.25, 0.3) is 0 Å². The summed E-state index contributed by atoms with van der Waals surface area (Å²) in [5.74, 6) is -1.17. The smallest absolute Gasteiger partial charge is 0.302 e. The maximum Gasteiger partial charge on any atom is 0.302 e. The van der Waals surface area contributed by atoms with Crippen molar-refractivity contribution in [2.45, 2.75) is 39.2 Å². The first-order chi connectivity index (χ1) is 17.7. The van der Waals surface area contributed by atoms with Crippen LogP contribution in [-0.2, 0) is 18.8 Å². The van der Waals surface area contributed by atoms with E-state index in [1.165, 1.54) is 6.92 Å². The van der Waals surface area contributed by atoms with Crippen LogP contribution in [-0.4, -0.2) is 42.0 Å². The molecule has 0 saturated carbocycles. The van der Waals surface area contributed by atoms with Gasteiger partial charge in [-0.2, -0.15) is 0 Å². The molecule has 8 heteroatoms. The molecule has 3 aromatic carbocycles. The molecular formula is C29H32NO6P. The summed E-state index contributed by atoms with van der Waals surface area (Å²) < 4.78 is 25.7. The highest BCUT2D eigenvalue weighted by Crippen LogP contribution is 2.43. The van der Waals surface area contributed by atoms with E-state index in [1.54, 1.807) is 24.3 Å². The van der Waals surface area contributed by atoms with Crippen LogP contribution in [0.5, 0.6) is 0 Å². The Morgan fingerprint density at radius 3 is 2.00 bits per heavy atom. The van der Waals surface area contributed by atoms with Crippen molar-refractivity contribution in [1.29, 1.82) is 0 Å². The first-order valence-corrected chi connectivity index (χ1v) is 14.0. The molecule has 3 aromatic rings. The second-order valence-corrected chi connectivity index (χ2v) is 12.1. The number of benzene rings is 3. The van der Waals surface area contributed by atoms with E-state index in [4.69, 9.17) is 9.47 Å². The number of hydrogen-bond donors (Lipinski definition) is 2. The standard InChI is InChI=1S/C29H32NO6P/c1-19-20(2)27(29(33)36-25(19)18-35-21(3)31)30-28(32)24-16-10-11-17-26(24)37(34,22-12-6-4-7-13-22)23-14-8-5-9-15-23/h4-17,19-20,25,27,29,33H,18H2,1-3H3,(H,30,32)/t19-,20?,25?,27-,29?/m0/s1. The van der Waals surface area contributed by atoms with Gasteiger partial charge < -0.3 is 24.5 Å². The summed E-state index contributed by atoms with van der Waals surface area (Å²) >= 11 is 0. The molecule has 0 radical (unpaired) electrons. The topological polar surface area (TPSA) is 102 Å². The third-order valence-corrected chi connectivity index (χ3v) is 10.2. The van der Waals surface area contributed by atoms with E-state index >= 15 is 0 Å². The van der Waals surface area contributed by atoms with Crippen LogP contribution in [0.1, 0.15) is 31.1 Å². The minimum Gasteiger partial charge on any atom is -0.463 e. The first kappa shape index (κ1) is 26.8. The highest BCUT2D eigenvalue weighted by Gasteiger charge is 2.42. The zero-order valence-electron chi connectivity index (χ0n) is 21.1. The molecule has 1 amide bonds. The van der Waals surface area contributed by atoms with Crippen molar-refractivity contribution in [2.24, 2.45) is 11.8 Å². The molecule has 0 aliphatic carbocycles. The predicted octanol–water partition coefficient (Wildman–Crippen LogP) is 2.98. The second kappa shape index (κ2) is 11.4. The Bertz CT molecular complexity index is 1240. The monoisotopic (exact) mass is 521 g/mol. The number of aliphatic hydroxyl groups is 1. The molecule has 0 aromatic heterocycles. The average Bonchev–Trinajstić information content (AvgIpc) is 2.92. The van der Waals surface area contributed by atoms with Gasteiger partial charge in [0.15, 0.2) is 13.4 Å². The van der Waals surface area contributed by atoms with E-state index in [1.807, 2.05) is 74.5 Å². The van der Waals surface area contributed by atoms with Gasteiger partial charge in [-0.25, -0.2) is 0 Å². The number of rotatable bonds is 7. The minimum atomic E-state index is -3.40. The lowest BCUT2D eigenvalue weighted by Gasteiger charge is -2.42. The third kappa shape index (κ3) is 5.54. The third-order valence-electron chi connectivity index (χ3n) is 7.08. The van der Waals surface area contributed by atoms with Crippen LogP contribution in [0, 0.1) is 11.8 Å². The first-order valence-electron chi connectivity index (χ1n) is 12.3. The van der Waals surface area contributed by atoms with Crippen LogP contribution in [0.15, 0.2) is 84.9 Å². The molecule has 1 heterocycles. The van der Waals surface area contributed by atoms with Crippen molar-refractivity contribution in [3.8, 4) is 0 Å². The van der Waals surface area contributed by atoms with E-state index < -0.39 is 37.5 Å². The van der Waals surface area contributed by atoms with Crippen molar-refractivity contribution >= 4 is 34.9 Å². The lowest BCUT2D eigenvalue weighted by molar-refractivity contribution is -0.222. The molecule has 4 rings (SSSR count). The van der Waals surface area contributed by atoms with Gasteiger partial charge in [0, 0.05) is 22.8 Å². The minimum absolute atomic E-state index is 0.0265. The quantitative estimate of drug-likeness (QED) is 0.366. The van der Waals surface area contributed by atoms with Gasteiger partial charge in [0.1, 0.15) is 6.61 Å². The summed E-state index contributed by atoms with van der Waals surface area (Å²) in [6.45, 7) is 5.18. The molecule has 1 saturated heterocycles. The average molecular weight is 522 g/mol. The number of amides is 1. The molecule has 1 fully saturated rings. The van der Waals surface area contributed by atoms with Crippen molar-refractivity contribution in [2.75, 3.05) is 6.61 Å². The van der Waals surface area contributed by atoms with Crippen LogP contribution in [0.2, 0.25) is 0 Å². The number of hydrogen-bond acceptors (Lipinski definition) is 6. The van der Waals surface area contributed by atoms with Crippen LogP contribution in [0.4, 0.5) is 0 Å². The summed E-state index contributed by atoms with van der Waals surface area (Å²) in [5.41, 5.74) is 0.271. The Morgan fingerprint density at radius 2 is 1.43 bits per heavy atom. The predicted molar refractivity (Wildman–Crippen MR) is 143 cm³/mol. The highest BCUT2D eigenvalue weighted by molar-refractivity contribution is 7.85. The van der Waals surface area contributed by atoms with Gasteiger partial charge in [-0.15, -0.1) is 0 Å². The largest absolute Gasteiger partial charge is 0.463 e. The number of esters is 1. The molecule has 194 valence electrons. The maximum absolute atomic E-state index is 14.9. The van der Waals surface area contributed by atoms with Gasteiger partial charge in [0.05, 0.1) is 17.7 Å². The summed E-state index contributed by atoms with van der Waals surface area (Å²) in [4.78, 5) is 24.9. The normalized spacial score (nSPS) is 23.7. The Kier molecular flexibility index (Phi) is 8.28. The lowest BCUT2D eigenvalue weighted by atomic mass is 9.82. The summed E-state index contributed by atoms with van der Waals surface area (Å²) in [6, 6.07) is 24.5. The molecule has 5 atom stereocenters. The van der Waals surface area contributed by atoms with Gasteiger partial charge in [0.25, 0.3) is 5.91 Å². The number of aliphatic hydroxyl groups excluding tert-OH is 1. The van der Waals surface area contributed by atoms with Gasteiger partial charge >= 0.3 is 5.97 Å². The molecule has 3 unspecified atom stereocenters. The number of carbonyl (C=O) groups excluding carboxylic acids is 2. The Morgan fingerprint density at radius 1 is 0.892 bits per heavy atom. The maximum atomic E-state index is 14.9. The molecule has 0 spiro atoms. The zero-order valence-corrected chi connectivity index (χ0v) is 22.0. The number of carbonyl (C=O) groups is 2. The summed E-state index contributed by atoms with van der Waals surface area (Å²) in [6.07, 6.45) is -1.79. The van der Waals surface area contributed by atoms with E-state index in [2.05, 4.69) is 5.32 Å². The summed E-state index contributed by atoms with van der Waals surface area (Å²) in [5, 5.41) is 15.3. The van der Waals surface area contributed by atoms with Gasteiger partial charge in [0.2, 0.25) is 0 Å². The number of nitrogens with one attached hydrogen (secondary N) is 1. The highest BCUT2D eigenvalue weighted by atomic mass is 31.2. The molecule has 7 nitrogen and oxygen atoms in total. The molecule has 1 aliphatic heterocycles. The SMILES string of the molecule is CC(=O)OCC1OC(O)[C@@H](NC(=O)c2ccccc2P(=O)(c2ccccc2)c2ccccc2)C(C)[C@@H]1C. The molecule has 2 N–H and O–H groups in total. The van der Waals surface area contributed by atoms with Gasteiger partial charge in [-0.05, 0) is 17.9 Å². The van der Waals surface area contributed by atoms with Crippen molar-refractivity contribution in [1.82, 2.24) is 5.32 Å². The van der Waals surface area contributed by atoms with E-state index in [0.717, 1.165) is 0 Å². The van der Waals surface area contributed by atoms with Gasteiger partial charge in [-0.1, -0.05) is 92.7 Å². The Hall–Kier alpha value is -3.25. The second-order valence-electron chi connectivity index (χ2n) is 9.38. The van der Waals surface area contributed by atoms with E-state index in [9.17, 15) is 19.3 Å². The fourth-order valence-electron chi connectivity index (χ4n) is 4.78. The molecule has 1 aliphatic rings. The van der Waals surface area contributed by atoms with Crippen LogP contribution >= 0.6 is 7.14 Å². The van der Waals surface area contributed by atoms with Crippen LogP contribution < -0.4 is 21.2 Å². The zero-order chi connectivity index (χ0) is 26.6. The molecule has 37 heavy (non-hydrogen) atoms. The lowest BCUT2D eigenvalue weighted by Crippen LogP contribution is -2.58. The molecule has 0 bridgehead atoms. The molecular weight excluding hydrogens is 489 g/mol. The fourth-order valence-corrected chi connectivity index (χ4v) is 7.63. The van der Waals surface area contributed by atoms with Crippen molar-refractivity contribution < 1.29 is 28.7 Å². The Labute approximate surface area is 217 Å². The Balaban J connectivity index is 1.67. The fraction of sp³-hybridized carbons (Fsp3) is 0.310. The van der Waals surface area contributed by atoms with Crippen molar-refractivity contribution in [3.63, 3.8) is 0 Å². The van der Waals surface area contributed by atoms with Crippen molar-refractivity contribution in [3.05, 3.63) is 90.5 Å². The summed E-state index contributed by atoms with van der Waals surface area (Å²) in [7, 11) is -3.40. The van der Waals surface area contributed by atoms with Gasteiger partial charge in [-0.3, -0.25) is 9.59 Å². The van der Waals surface area contributed by atoms with E-state index in [0.29, 0.717) is 15.9 Å². The number of ether oxygens (including phenoxy) is 2. The van der Waals surface area contributed by atoms with E-state index in [-0.39, 0.29) is 24.0 Å². The van der Waals surface area contributed by atoms with Crippen LogP contribution in [0.3, 0.4) is 0 Å².